The molecule has 0 saturated heterocycles. The van der Waals surface area contributed by atoms with Crippen LogP contribution in [-0.4, -0.2) is 11.8 Å². The minimum atomic E-state index is -1.69. The Morgan fingerprint density at radius 1 is 0.880 bits per heavy atom. The summed E-state index contributed by atoms with van der Waals surface area (Å²) in [5.74, 6) is -6.01. The van der Waals surface area contributed by atoms with Crippen molar-refractivity contribution in [2.45, 2.75) is 27.2 Å². The molecule has 0 spiro atoms. The molecule has 0 heterocycles. The smallest absolute Gasteiger partial charge is 0.233 e. The Labute approximate surface area is 143 Å². The van der Waals surface area contributed by atoms with Crippen LogP contribution < -0.4 is 10.6 Å². The standard InChI is InChI=1S/C18H17F3N2O2/c1-9-6-10(2)18(11(3)7-9)23-15(25)8-14(24)22-13-5-4-12(19)16(20)17(13)21/h4-7H,8H2,1-3H3,(H,22,24)(H,23,25). The first-order valence-electron chi connectivity index (χ1n) is 7.50. The van der Waals surface area contributed by atoms with Crippen molar-refractivity contribution in [3.05, 3.63) is 58.4 Å². The molecule has 0 radical (unpaired) electrons. The molecule has 0 aliphatic rings. The lowest BCUT2D eigenvalue weighted by atomic mass is 10.0. The number of nitrogens with one attached hydrogen (secondary N) is 2. The van der Waals surface area contributed by atoms with Gasteiger partial charge in [-0.25, -0.2) is 13.2 Å². The molecule has 132 valence electrons. The second kappa shape index (κ2) is 7.38. The van der Waals surface area contributed by atoms with Gasteiger partial charge in [-0.1, -0.05) is 17.7 Å². The predicted molar refractivity (Wildman–Crippen MR) is 88.8 cm³/mol. The molecule has 7 heteroatoms. The molecule has 0 aromatic heterocycles. The number of carbonyl (C=O) groups excluding carboxylic acids is 2. The van der Waals surface area contributed by atoms with Gasteiger partial charge in [0.15, 0.2) is 17.5 Å². The van der Waals surface area contributed by atoms with E-state index in [0.29, 0.717) is 11.8 Å². The van der Waals surface area contributed by atoms with E-state index >= 15 is 0 Å². The van der Waals surface area contributed by atoms with Gasteiger partial charge in [0.05, 0.1) is 5.69 Å². The molecule has 2 aromatic rings. The normalized spacial score (nSPS) is 10.5. The fraction of sp³-hybridized carbons (Fsp3) is 0.222. The number of hydrogen-bond acceptors (Lipinski definition) is 2. The van der Waals surface area contributed by atoms with E-state index in [9.17, 15) is 22.8 Å². The van der Waals surface area contributed by atoms with E-state index in [1.54, 1.807) is 0 Å². The summed E-state index contributed by atoms with van der Waals surface area (Å²) in [4.78, 5) is 23.8. The molecule has 2 aromatic carbocycles. The minimum absolute atomic E-state index is 0.528. The topological polar surface area (TPSA) is 58.2 Å². The van der Waals surface area contributed by atoms with Gasteiger partial charge in [-0.3, -0.25) is 9.59 Å². The van der Waals surface area contributed by atoms with Gasteiger partial charge in [0.25, 0.3) is 0 Å². The van der Waals surface area contributed by atoms with Crippen LogP contribution in [0.4, 0.5) is 24.5 Å². The lowest BCUT2D eigenvalue weighted by Crippen LogP contribution is -2.22. The Morgan fingerprint density at radius 3 is 2.04 bits per heavy atom. The summed E-state index contributed by atoms with van der Waals surface area (Å²) in [5, 5.41) is 4.68. The Bertz CT molecular complexity index is 827. The molecular weight excluding hydrogens is 333 g/mol. The highest BCUT2D eigenvalue weighted by atomic mass is 19.2. The van der Waals surface area contributed by atoms with Crippen molar-refractivity contribution in [3.63, 3.8) is 0 Å². The Kier molecular flexibility index (Phi) is 5.46. The molecule has 0 atom stereocenters. The van der Waals surface area contributed by atoms with E-state index in [1.165, 1.54) is 0 Å². The van der Waals surface area contributed by atoms with Crippen molar-refractivity contribution in [2.24, 2.45) is 0 Å². The fourth-order valence-electron chi connectivity index (χ4n) is 2.52. The quantitative estimate of drug-likeness (QED) is 0.647. The van der Waals surface area contributed by atoms with E-state index in [4.69, 9.17) is 0 Å². The summed E-state index contributed by atoms with van der Waals surface area (Å²) in [7, 11) is 0. The van der Waals surface area contributed by atoms with Crippen LogP contribution in [0.2, 0.25) is 0 Å². The molecule has 2 amide bonds. The van der Waals surface area contributed by atoms with Gasteiger partial charge in [-0.2, -0.15) is 0 Å². The molecule has 0 aliphatic heterocycles. The molecule has 2 N–H and O–H groups in total. The number of carbonyl (C=O) groups is 2. The van der Waals surface area contributed by atoms with Crippen LogP contribution in [0.15, 0.2) is 24.3 Å². The summed E-state index contributed by atoms with van der Waals surface area (Å²) >= 11 is 0. The monoisotopic (exact) mass is 350 g/mol. The van der Waals surface area contributed by atoms with Crippen LogP contribution in [0.25, 0.3) is 0 Å². The van der Waals surface area contributed by atoms with E-state index in [0.717, 1.165) is 22.8 Å². The molecule has 25 heavy (non-hydrogen) atoms. The van der Waals surface area contributed by atoms with Crippen LogP contribution in [0.3, 0.4) is 0 Å². The molecule has 0 bridgehead atoms. The first-order chi connectivity index (χ1) is 11.7. The SMILES string of the molecule is Cc1cc(C)c(NC(=O)CC(=O)Nc2ccc(F)c(F)c2F)c(C)c1. The van der Waals surface area contributed by atoms with Crippen molar-refractivity contribution in [2.75, 3.05) is 10.6 Å². The molecule has 0 saturated carbocycles. The van der Waals surface area contributed by atoms with Crippen molar-refractivity contribution in [3.8, 4) is 0 Å². The van der Waals surface area contributed by atoms with Gasteiger partial charge >= 0.3 is 0 Å². The number of amides is 2. The van der Waals surface area contributed by atoms with Gasteiger partial charge < -0.3 is 10.6 Å². The highest BCUT2D eigenvalue weighted by Gasteiger charge is 2.17. The molecule has 2 rings (SSSR count). The number of rotatable bonds is 4. The number of halogens is 3. The maximum absolute atomic E-state index is 13.5. The largest absolute Gasteiger partial charge is 0.325 e. The number of anilines is 2. The molecule has 0 unspecified atom stereocenters. The van der Waals surface area contributed by atoms with Crippen molar-refractivity contribution >= 4 is 23.2 Å². The van der Waals surface area contributed by atoms with Gasteiger partial charge in [-0.15, -0.1) is 0 Å². The zero-order valence-electron chi connectivity index (χ0n) is 14.0. The van der Waals surface area contributed by atoms with Gasteiger partial charge in [0, 0.05) is 5.69 Å². The third-order valence-electron chi connectivity index (χ3n) is 3.57. The first kappa shape index (κ1) is 18.5. The average molecular weight is 350 g/mol. The van der Waals surface area contributed by atoms with Gasteiger partial charge in [0.2, 0.25) is 11.8 Å². The molecule has 4 nitrogen and oxygen atoms in total. The number of hydrogen-bond donors (Lipinski definition) is 2. The Morgan fingerprint density at radius 2 is 1.44 bits per heavy atom. The van der Waals surface area contributed by atoms with Crippen molar-refractivity contribution < 1.29 is 22.8 Å². The van der Waals surface area contributed by atoms with Crippen molar-refractivity contribution in [1.29, 1.82) is 0 Å². The highest BCUT2D eigenvalue weighted by Crippen LogP contribution is 2.22. The van der Waals surface area contributed by atoms with Gasteiger partial charge in [0.1, 0.15) is 6.42 Å². The maximum Gasteiger partial charge on any atom is 0.233 e. The van der Waals surface area contributed by atoms with Crippen molar-refractivity contribution in [1.82, 2.24) is 0 Å². The number of benzene rings is 2. The van der Waals surface area contributed by atoms with E-state index in [2.05, 4.69) is 10.6 Å². The van der Waals surface area contributed by atoms with Crippen LogP contribution in [0, 0.1) is 38.2 Å². The van der Waals surface area contributed by atoms with E-state index in [1.807, 2.05) is 32.9 Å². The predicted octanol–water partition coefficient (Wildman–Crippen LogP) is 4.00. The maximum atomic E-state index is 13.5. The molecular formula is C18H17F3N2O2. The number of aryl methyl sites for hydroxylation is 3. The van der Waals surface area contributed by atoms with E-state index in [-0.39, 0.29) is 0 Å². The van der Waals surface area contributed by atoms with Crippen LogP contribution in [-0.2, 0) is 9.59 Å². The molecule has 0 aliphatic carbocycles. The summed E-state index contributed by atoms with van der Waals surface area (Å²) in [6.45, 7) is 5.58. The Hall–Kier alpha value is -2.83. The average Bonchev–Trinajstić information content (AvgIpc) is 2.51. The lowest BCUT2D eigenvalue weighted by Gasteiger charge is -2.13. The molecule has 0 fully saturated rings. The fourth-order valence-corrected chi connectivity index (χ4v) is 2.52. The first-order valence-corrected chi connectivity index (χ1v) is 7.50. The summed E-state index contributed by atoms with van der Waals surface area (Å²) in [6.07, 6.45) is -0.592. The second-order valence-corrected chi connectivity index (χ2v) is 5.77. The summed E-state index contributed by atoms with van der Waals surface area (Å²) in [6, 6.07) is 5.35. The summed E-state index contributed by atoms with van der Waals surface area (Å²) < 4.78 is 39.5. The summed E-state index contributed by atoms with van der Waals surface area (Å²) in [5.41, 5.74) is 2.80. The zero-order valence-corrected chi connectivity index (χ0v) is 14.0. The van der Waals surface area contributed by atoms with Crippen LogP contribution in [0.1, 0.15) is 23.1 Å². The Balaban J connectivity index is 2.04. The zero-order chi connectivity index (χ0) is 18.7. The van der Waals surface area contributed by atoms with Gasteiger partial charge in [-0.05, 0) is 44.0 Å². The minimum Gasteiger partial charge on any atom is -0.325 e. The van der Waals surface area contributed by atoms with Crippen LogP contribution >= 0.6 is 0 Å². The highest BCUT2D eigenvalue weighted by molar-refractivity contribution is 6.08. The van der Waals surface area contributed by atoms with E-state index < -0.39 is 41.4 Å². The lowest BCUT2D eigenvalue weighted by molar-refractivity contribution is -0.123. The third kappa shape index (κ3) is 4.37. The second-order valence-electron chi connectivity index (χ2n) is 5.77. The van der Waals surface area contributed by atoms with Crippen LogP contribution in [0.5, 0.6) is 0 Å². The third-order valence-corrected chi connectivity index (χ3v) is 3.57.